The lowest BCUT2D eigenvalue weighted by Gasteiger charge is -2.31. The minimum atomic E-state index is -1.03. The number of urea groups is 1. The van der Waals surface area contributed by atoms with Gasteiger partial charge in [0.05, 0.1) is 6.04 Å². The summed E-state index contributed by atoms with van der Waals surface area (Å²) in [5, 5.41) is 9.82. The van der Waals surface area contributed by atoms with Gasteiger partial charge in [-0.05, 0) is 47.7 Å². The number of carbonyl (C=O) groups is 3. The van der Waals surface area contributed by atoms with Crippen LogP contribution in [0.15, 0.2) is 59.3 Å². The van der Waals surface area contributed by atoms with Crippen LogP contribution in [0.3, 0.4) is 0 Å². The van der Waals surface area contributed by atoms with E-state index in [-0.39, 0.29) is 24.4 Å². The van der Waals surface area contributed by atoms with Crippen LogP contribution < -0.4 is 10.6 Å². The molecular weight excluding hydrogens is 430 g/mol. The Hall–Kier alpha value is -2.97. The van der Waals surface area contributed by atoms with E-state index in [1.165, 1.54) is 0 Å². The highest BCUT2D eigenvalue weighted by Crippen LogP contribution is 2.42. The molecule has 0 unspecified atom stereocenters. The minimum Gasteiger partial charge on any atom is -0.343 e. The van der Waals surface area contributed by atoms with Crippen molar-refractivity contribution in [1.29, 1.82) is 0 Å². The predicted octanol–water partition coefficient (Wildman–Crippen LogP) is 3.80. The molecule has 1 aromatic carbocycles. The van der Waals surface area contributed by atoms with E-state index in [4.69, 9.17) is 0 Å². The number of nitrogens with one attached hydrogen (secondary N) is 2. The standard InChI is InChI=1S/C23H21N3O3S2/c27-19(24-20(18-9-5-12-30-18)15-6-2-1-3-7-15)14-26-21(28)23(25-22(26)29)11-4-8-17-16(23)10-13-31-17/h1-3,5-7,9-10,12-13,20H,4,8,11,14H2,(H,24,27)(H,25,29)/t20-,23-/m0/s1. The Labute approximate surface area is 187 Å². The summed E-state index contributed by atoms with van der Waals surface area (Å²) in [4.78, 5) is 42.2. The maximum Gasteiger partial charge on any atom is 0.325 e. The summed E-state index contributed by atoms with van der Waals surface area (Å²) in [6, 6.07) is 14.6. The van der Waals surface area contributed by atoms with E-state index in [0.717, 1.165) is 38.6 Å². The van der Waals surface area contributed by atoms with Gasteiger partial charge in [-0.15, -0.1) is 22.7 Å². The van der Waals surface area contributed by atoms with Gasteiger partial charge in [0.15, 0.2) is 0 Å². The summed E-state index contributed by atoms with van der Waals surface area (Å²) in [5.41, 5.74) is 0.797. The second-order valence-corrected chi connectivity index (χ2v) is 9.74. The van der Waals surface area contributed by atoms with Gasteiger partial charge in [-0.25, -0.2) is 4.79 Å². The number of fused-ring (bicyclic) bond motifs is 2. The highest BCUT2D eigenvalue weighted by Gasteiger charge is 2.54. The quantitative estimate of drug-likeness (QED) is 0.579. The van der Waals surface area contributed by atoms with Crippen molar-refractivity contribution in [2.75, 3.05) is 6.54 Å². The first-order valence-electron chi connectivity index (χ1n) is 10.2. The molecule has 3 heterocycles. The molecule has 0 bridgehead atoms. The van der Waals surface area contributed by atoms with Crippen LogP contribution in [0.25, 0.3) is 0 Å². The smallest absolute Gasteiger partial charge is 0.325 e. The fourth-order valence-electron chi connectivity index (χ4n) is 4.45. The Morgan fingerprint density at radius 3 is 2.71 bits per heavy atom. The van der Waals surface area contributed by atoms with Crippen LogP contribution in [0.5, 0.6) is 0 Å². The lowest BCUT2D eigenvalue weighted by atomic mass is 9.80. The third kappa shape index (κ3) is 3.45. The van der Waals surface area contributed by atoms with Crippen molar-refractivity contribution in [2.24, 2.45) is 0 Å². The lowest BCUT2D eigenvalue weighted by molar-refractivity contribution is -0.135. The van der Waals surface area contributed by atoms with Crippen LogP contribution in [-0.4, -0.2) is 29.3 Å². The van der Waals surface area contributed by atoms with Gasteiger partial charge in [0.2, 0.25) is 5.91 Å². The van der Waals surface area contributed by atoms with E-state index in [0.29, 0.717) is 6.42 Å². The average molecular weight is 452 g/mol. The first-order chi connectivity index (χ1) is 15.1. The molecule has 2 N–H and O–H groups in total. The van der Waals surface area contributed by atoms with Crippen molar-refractivity contribution >= 4 is 40.5 Å². The fraction of sp³-hybridized carbons (Fsp3) is 0.261. The minimum absolute atomic E-state index is 0.305. The van der Waals surface area contributed by atoms with Crippen LogP contribution >= 0.6 is 22.7 Å². The number of carbonyl (C=O) groups excluding carboxylic acids is 3. The fourth-order valence-corrected chi connectivity index (χ4v) is 6.26. The van der Waals surface area contributed by atoms with Crippen molar-refractivity contribution in [2.45, 2.75) is 30.8 Å². The molecule has 0 radical (unpaired) electrons. The van der Waals surface area contributed by atoms with Crippen LogP contribution in [0, 0.1) is 0 Å². The zero-order valence-electron chi connectivity index (χ0n) is 16.7. The topological polar surface area (TPSA) is 78.5 Å². The number of nitrogens with zero attached hydrogens (tertiary/aromatic N) is 1. The van der Waals surface area contributed by atoms with E-state index < -0.39 is 11.6 Å². The van der Waals surface area contributed by atoms with Gasteiger partial charge in [-0.3, -0.25) is 14.5 Å². The van der Waals surface area contributed by atoms with Crippen molar-refractivity contribution in [3.63, 3.8) is 0 Å². The second kappa shape index (κ2) is 7.94. The average Bonchev–Trinajstić information content (AvgIpc) is 3.52. The van der Waals surface area contributed by atoms with Gasteiger partial charge in [0.25, 0.3) is 5.91 Å². The Morgan fingerprint density at radius 1 is 1.10 bits per heavy atom. The third-order valence-electron chi connectivity index (χ3n) is 5.90. The molecule has 31 heavy (non-hydrogen) atoms. The lowest BCUT2D eigenvalue weighted by Crippen LogP contribution is -2.47. The number of aryl methyl sites for hydroxylation is 1. The first-order valence-corrected chi connectivity index (χ1v) is 11.9. The Bertz CT molecular complexity index is 1130. The number of amides is 4. The van der Waals surface area contributed by atoms with Crippen LogP contribution in [-0.2, 0) is 21.5 Å². The van der Waals surface area contributed by atoms with Gasteiger partial charge >= 0.3 is 6.03 Å². The molecule has 2 atom stereocenters. The summed E-state index contributed by atoms with van der Waals surface area (Å²) in [6.45, 7) is -0.305. The number of rotatable bonds is 5. The van der Waals surface area contributed by atoms with Crippen LogP contribution in [0.2, 0.25) is 0 Å². The van der Waals surface area contributed by atoms with Gasteiger partial charge in [-0.1, -0.05) is 36.4 Å². The maximum atomic E-state index is 13.3. The molecule has 5 rings (SSSR count). The Balaban J connectivity index is 1.36. The summed E-state index contributed by atoms with van der Waals surface area (Å²) < 4.78 is 0. The largest absolute Gasteiger partial charge is 0.343 e. The summed E-state index contributed by atoms with van der Waals surface area (Å²) in [7, 11) is 0. The first kappa shape index (κ1) is 20.0. The summed E-state index contributed by atoms with van der Waals surface area (Å²) >= 11 is 3.16. The number of thiophene rings is 2. The molecule has 1 fully saturated rings. The highest BCUT2D eigenvalue weighted by molar-refractivity contribution is 7.10. The van der Waals surface area contributed by atoms with E-state index in [9.17, 15) is 14.4 Å². The van der Waals surface area contributed by atoms with Crippen molar-refractivity contribution in [3.05, 3.63) is 80.2 Å². The molecule has 4 amide bonds. The number of hydrogen-bond acceptors (Lipinski definition) is 5. The third-order valence-corrected chi connectivity index (χ3v) is 7.82. The molecule has 1 spiro atoms. The highest BCUT2D eigenvalue weighted by atomic mass is 32.1. The predicted molar refractivity (Wildman–Crippen MR) is 120 cm³/mol. The molecule has 0 saturated carbocycles. The molecule has 2 aromatic heterocycles. The van der Waals surface area contributed by atoms with Crippen LogP contribution in [0.1, 0.15) is 39.8 Å². The molecule has 1 aliphatic heterocycles. The van der Waals surface area contributed by atoms with Gasteiger partial charge in [0, 0.05) is 15.3 Å². The molecular formula is C23H21N3O3S2. The van der Waals surface area contributed by atoms with E-state index in [1.807, 2.05) is 59.3 Å². The van der Waals surface area contributed by atoms with Gasteiger partial charge in [0.1, 0.15) is 12.1 Å². The second-order valence-electron chi connectivity index (χ2n) is 7.76. The zero-order valence-corrected chi connectivity index (χ0v) is 18.3. The molecule has 1 aliphatic carbocycles. The monoisotopic (exact) mass is 451 g/mol. The van der Waals surface area contributed by atoms with E-state index in [1.54, 1.807) is 22.7 Å². The number of benzene rings is 1. The van der Waals surface area contributed by atoms with Crippen molar-refractivity contribution in [3.8, 4) is 0 Å². The maximum absolute atomic E-state index is 13.3. The summed E-state index contributed by atoms with van der Waals surface area (Å²) in [5.74, 6) is -0.705. The molecule has 2 aliphatic rings. The number of imide groups is 1. The summed E-state index contributed by atoms with van der Waals surface area (Å²) in [6.07, 6.45) is 2.30. The van der Waals surface area contributed by atoms with Crippen LogP contribution in [0.4, 0.5) is 4.79 Å². The van der Waals surface area contributed by atoms with Crippen molar-refractivity contribution in [1.82, 2.24) is 15.5 Å². The molecule has 158 valence electrons. The Morgan fingerprint density at radius 2 is 1.94 bits per heavy atom. The molecule has 8 heteroatoms. The van der Waals surface area contributed by atoms with Gasteiger partial charge < -0.3 is 10.6 Å². The van der Waals surface area contributed by atoms with Crippen molar-refractivity contribution < 1.29 is 14.4 Å². The van der Waals surface area contributed by atoms with E-state index in [2.05, 4.69) is 10.6 Å². The van der Waals surface area contributed by atoms with E-state index >= 15 is 0 Å². The molecule has 1 saturated heterocycles. The Kier molecular flexibility index (Phi) is 5.11. The normalized spacial score (nSPS) is 21.1. The molecule has 3 aromatic rings. The molecule has 6 nitrogen and oxygen atoms in total. The van der Waals surface area contributed by atoms with Gasteiger partial charge in [-0.2, -0.15) is 0 Å². The number of hydrogen-bond donors (Lipinski definition) is 2. The SMILES string of the molecule is O=C(CN1C(=O)N[C@]2(CCCc3sccc32)C1=O)N[C@@H](c1ccccc1)c1cccs1. The zero-order chi connectivity index (χ0) is 21.4.